The summed E-state index contributed by atoms with van der Waals surface area (Å²) in [5.74, 6) is 0.697. The van der Waals surface area contributed by atoms with Crippen LogP contribution < -0.4 is 16.0 Å². The number of carbonyl (C=O) groups excluding carboxylic acids is 1. The first-order valence-electron chi connectivity index (χ1n) is 6.46. The smallest absolute Gasteiger partial charge is 0.251 e. The van der Waals surface area contributed by atoms with Crippen molar-refractivity contribution in [2.75, 3.05) is 20.6 Å². The highest BCUT2D eigenvalue weighted by atomic mass is 16.1. The van der Waals surface area contributed by atoms with Gasteiger partial charge in [0.05, 0.1) is 0 Å². The molecule has 104 valence electrons. The van der Waals surface area contributed by atoms with Crippen molar-refractivity contribution in [3.63, 3.8) is 0 Å². The fraction of sp³-hybridized carbons (Fsp3) is 0.429. The average molecular weight is 262 g/mol. The number of rotatable bonds is 5. The van der Waals surface area contributed by atoms with E-state index in [9.17, 15) is 4.79 Å². The summed E-state index contributed by atoms with van der Waals surface area (Å²) in [6.45, 7) is 3.62. The van der Waals surface area contributed by atoms with Gasteiger partial charge in [-0.1, -0.05) is 19.1 Å². The Balaban J connectivity index is 2.60. The van der Waals surface area contributed by atoms with Gasteiger partial charge in [0.2, 0.25) is 0 Å². The van der Waals surface area contributed by atoms with E-state index in [1.807, 2.05) is 18.2 Å². The first-order valence-corrected chi connectivity index (χ1v) is 6.46. The normalized spacial score (nSPS) is 11.0. The number of guanidine groups is 1. The first-order chi connectivity index (χ1) is 9.21. The summed E-state index contributed by atoms with van der Waals surface area (Å²) in [6.07, 6.45) is 1.05. The van der Waals surface area contributed by atoms with Crippen molar-refractivity contribution in [3.8, 4) is 0 Å². The molecule has 0 unspecified atom stereocenters. The molecule has 0 bridgehead atoms. The SMILES string of the molecule is CCCNC(=NC)NCc1cccc(C(=O)NC)c1. The molecule has 1 aromatic rings. The van der Waals surface area contributed by atoms with Crippen LogP contribution in [0.2, 0.25) is 0 Å². The molecular weight excluding hydrogens is 240 g/mol. The van der Waals surface area contributed by atoms with Crippen molar-refractivity contribution in [3.05, 3.63) is 35.4 Å². The van der Waals surface area contributed by atoms with Crippen molar-refractivity contribution in [1.29, 1.82) is 0 Å². The lowest BCUT2D eigenvalue weighted by atomic mass is 10.1. The van der Waals surface area contributed by atoms with Gasteiger partial charge in [-0.05, 0) is 24.1 Å². The summed E-state index contributed by atoms with van der Waals surface area (Å²) in [5, 5.41) is 9.03. The van der Waals surface area contributed by atoms with E-state index >= 15 is 0 Å². The van der Waals surface area contributed by atoms with Gasteiger partial charge in [0, 0.05) is 32.7 Å². The molecule has 0 saturated carbocycles. The van der Waals surface area contributed by atoms with Crippen molar-refractivity contribution in [2.24, 2.45) is 4.99 Å². The van der Waals surface area contributed by atoms with Crippen LogP contribution in [0.1, 0.15) is 29.3 Å². The highest BCUT2D eigenvalue weighted by molar-refractivity contribution is 5.94. The molecule has 0 radical (unpaired) electrons. The second kappa shape index (κ2) is 8.13. The third-order valence-corrected chi connectivity index (χ3v) is 2.64. The van der Waals surface area contributed by atoms with E-state index < -0.39 is 0 Å². The lowest BCUT2D eigenvalue weighted by Crippen LogP contribution is -2.37. The van der Waals surface area contributed by atoms with E-state index in [0.29, 0.717) is 12.1 Å². The van der Waals surface area contributed by atoms with Crippen LogP contribution in [-0.4, -0.2) is 32.5 Å². The number of aliphatic imine (C=N–C) groups is 1. The van der Waals surface area contributed by atoms with Crippen LogP contribution in [0.3, 0.4) is 0 Å². The second-order valence-electron chi connectivity index (χ2n) is 4.13. The van der Waals surface area contributed by atoms with E-state index in [-0.39, 0.29) is 5.91 Å². The van der Waals surface area contributed by atoms with Crippen molar-refractivity contribution >= 4 is 11.9 Å². The zero-order valence-corrected chi connectivity index (χ0v) is 11.8. The molecule has 0 spiro atoms. The summed E-state index contributed by atoms with van der Waals surface area (Å²) in [4.78, 5) is 15.7. The van der Waals surface area contributed by atoms with Gasteiger partial charge in [-0.15, -0.1) is 0 Å². The zero-order chi connectivity index (χ0) is 14.1. The van der Waals surface area contributed by atoms with Crippen LogP contribution in [0.5, 0.6) is 0 Å². The molecule has 0 atom stereocenters. The van der Waals surface area contributed by atoms with Crippen LogP contribution in [0, 0.1) is 0 Å². The maximum absolute atomic E-state index is 11.5. The summed E-state index contributed by atoms with van der Waals surface area (Å²) in [7, 11) is 3.37. The second-order valence-corrected chi connectivity index (χ2v) is 4.13. The molecule has 0 heterocycles. The predicted molar refractivity (Wildman–Crippen MR) is 78.3 cm³/mol. The van der Waals surface area contributed by atoms with Crippen LogP contribution in [0.4, 0.5) is 0 Å². The number of benzene rings is 1. The lowest BCUT2D eigenvalue weighted by Gasteiger charge is -2.11. The molecule has 0 aliphatic carbocycles. The van der Waals surface area contributed by atoms with E-state index in [2.05, 4.69) is 27.9 Å². The Kier molecular flexibility index (Phi) is 6.43. The molecule has 0 fully saturated rings. The highest BCUT2D eigenvalue weighted by Gasteiger charge is 2.04. The van der Waals surface area contributed by atoms with Gasteiger partial charge in [-0.25, -0.2) is 0 Å². The van der Waals surface area contributed by atoms with Gasteiger partial charge in [0.15, 0.2) is 5.96 Å². The van der Waals surface area contributed by atoms with E-state index in [4.69, 9.17) is 0 Å². The first kappa shape index (κ1) is 15.0. The Hall–Kier alpha value is -2.04. The van der Waals surface area contributed by atoms with Crippen molar-refractivity contribution in [1.82, 2.24) is 16.0 Å². The number of carbonyl (C=O) groups is 1. The molecule has 0 aromatic heterocycles. The van der Waals surface area contributed by atoms with Crippen LogP contribution in [-0.2, 0) is 6.54 Å². The molecule has 19 heavy (non-hydrogen) atoms. The molecule has 0 saturated heterocycles. The summed E-state index contributed by atoms with van der Waals surface area (Å²) in [5.41, 5.74) is 1.71. The minimum atomic E-state index is -0.0738. The molecule has 1 amide bonds. The maximum atomic E-state index is 11.5. The summed E-state index contributed by atoms with van der Waals surface area (Å²) >= 11 is 0. The zero-order valence-electron chi connectivity index (χ0n) is 11.8. The largest absolute Gasteiger partial charge is 0.356 e. The Morgan fingerprint density at radius 2 is 2.11 bits per heavy atom. The van der Waals surface area contributed by atoms with E-state index in [1.54, 1.807) is 20.2 Å². The van der Waals surface area contributed by atoms with Crippen LogP contribution >= 0.6 is 0 Å². The van der Waals surface area contributed by atoms with Gasteiger partial charge in [0.25, 0.3) is 5.91 Å². The van der Waals surface area contributed by atoms with Crippen molar-refractivity contribution < 1.29 is 4.79 Å². The molecule has 1 aromatic carbocycles. The van der Waals surface area contributed by atoms with E-state index in [1.165, 1.54) is 0 Å². The Labute approximate surface area is 114 Å². The van der Waals surface area contributed by atoms with E-state index in [0.717, 1.165) is 24.5 Å². The average Bonchev–Trinajstić information content (AvgIpc) is 2.47. The van der Waals surface area contributed by atoms with Gasteiger partial charge in [-0.3, -0.25) is 9.79 Å². The minimum absolute atomic E-state index is 0.0738. The Morgan fingerprint density at radius 1 is 1.32 bits per heavy atom. The fourth-order valence-corrected chi connectivity index (χ4v) is 1.62. The van der Waals surface area contributed by atoms with Gasteiger partial charge < -0.3 is 16.0 Å². The number of nitrogens with zero attached hydrogens (tertiary/aromatic N) is 1. The molecule has 3 N–H and O–H groups in total. The maximum Gasteiger partial charge on any atom is 0.251 e. The molecular formula is C14H22N4O. The molecule has 0 aliphatic heterocycles. The number of nitrogens with one attached hydrogen (secondary N) is 3. The summed E-state index contributed by atoms with van der Waals surface area (Å²) < 4.78 is 0. The third-order valence-electron chi connectivity index (χ3n) is 2.64. The van der Waals surface area contributed by atoms with Crippen molar-refractivity contribution in [2.45, 2.75) is 19.9 Å². The predicted octanol–water partition coefficient (Wildman–Crippen LogP) is 1.12. The van der Waals surface area contributed by atoms with Gasteiger partial charge >= 0.3 is 0 Å². The van der Waals surface area contributed by atoms with Gasteiger partial charge in [-0.2, -0.15) is 0 Å². The number of amides is 1. The van der Waals surface area contributed by atoms with Crippen LogP contribution in [0.15, 0.2) is 29.3 Å². The fourth-order valence-electron chi connectivity index (χ4n) is 1.62. The monoisotopic (exact) mass is 262 g/mol. The lowest BCUT2D eigenvalue weighted by molar-refractivity contribution is 0.0963. The quantitative estimate of drug-likeness (QED) is 0.550. The minimum Gasteiger partial charge on any atom is -0.356 e. The highest BCUT2D eigenvalue weighted by Crippen LogP contribution is 2.04. The molecule has 5 heteroatoms. The molecule has 0 aliphatic rings. The number of hydrogen-bond acceptors (Lipinski definition) is 2. The van der Waals surface area contributed by atoms with Gasteiger partial charge in [0.1, 0.15) is 0 Å². The summed E-state index contributed by atoms with van der Waals surface area (Å²) in [6, 6.07) is 7.53. The standard InChI is InChI=1S/C14H22N4O/c1-4-8-17-14(16-3)18-10-11-6-5-7-12(9-11)13(19)15-2/h5-7,9H,4,8,10H2,1-3H3,(H,15,19)(H2,16,17,18). The van der Waals surface area contributed by atoms with Crippen LogP contribution in [0.25, 0.3) is 0 Å². The Morgan fingerprint density at radius 3 is 2.74 bits per heavy atom. The molecule has 1 rings (SSSR count). The third kappa shape index (κ3) is 4.99. The number of hydrogen-bond donors (Lipinski definition) is 3. The molecule has 5 nitrogen and oxygen atoms in total. The Bertz CT molecular complexity index is 443. The topological polar surface area (TPSA) is 65.5 Å².